The van der Waals surface area contributed by atoms with E-state index in [2.05, 4.69) is 12.1 Å². The fourth-order valence-corrected chi connectivity index (χ4v) is 6.45. The molecule has 0 saturated heterocycles. The number of hydrogen-bond donors (Lipinski definition) is 0. The van der Waals surface area contributed by atoms with Crippen LogP contribution in [0.15, 0.2) is 71.6 Å². The first-order valence-electron chi connectivity index (χ1n) is 9.87. The van der Waals surface area contributed by atoms with Crippen molar-refractivity contribution in [3.05, 3.63) is 89.0 Å². The number of nitrogens with zero attached hydrogens (tertiary/aromatic N) is 1. The highest BCUT2D eigenvalue weighted by Crippen LogP contribution is 2.56. The molecule has 148 valence electrons. The SMILES string of the molecule is COc1ccc2c(c1)[C@@H]1[C@H](CC2)c2ccccc2N1S(=O)(=O)c1ccc(C)cc1. The van der Waals surface area contributed by atoms with Crippen LogP contribution in [0.5, 0.6) is 5.75 Å². The maximum atomic E-state index is 13.8. The van der Waals surface area contributed by atoms with Crippen molar-refractivity contribution in [2.75, 3.05) is 11.4 Å². The van der Waals surface area contributed by atoms with E-state index >= 15 is 0 Å². The Kier molecular flexibility index (Phi) is 4.17. The highest BCUT2D eigenvalue weighted by atomic mass is 32.2. The van der Waals surface area contributed by atoms with E-state index < -0.39 is 10.0 Å². The van der Waals surface area contributed by atoms with Crippen LogP contribution in [0.3, 0.4) is 0 Å². The first-order chi connectivity index (χ1) is 14.0. The normalized spacial score (nSPS) is 20.0. The first kappa shape index (κ1) is 18.3. The zero-order valence-electron chi connectivity index (χ0n) is 16.5. The van der Waals surface area contributed by atoms with Crippen LogP contribution in [0.25, 0.3) is 0 Å². The van der Waals surface area contributed by atoms with Crippen LogP contribution in [0, 0.1) is 6.92 Å². The van der Waals surface area contributed by atoms with Gasteiger partial charge in [0.1, 0.15) is 5.75 Å². The summed E-state index contributed by atoms with van der Waals surface area (Å²) in [7, 11) is -2.06. The van der Waals surface area contributed by atoms with E-state index in [0.29, 0.717) is 4.90 Å². The lowest BCUT2D eigenvalue weighted by molar-refractivity contribution is 0.411. The molecule has 5 heteroatoms. The molecule has 2 atom stereocenters. The molecule has 0 bridgehead atoms. The minimum atomic E-state index is -3.71. The minimum Gasteiger partial charge on any atom is -0.497 e. The monoisotopic (exact) mass is 405 g/mol. The smallest absolute Gasteiger partial charge is 0.264 e. The molecular formula is C24H23NO3S. The first-order valence-corrected chi connectivity index (χ1v) is 11.3. The second kappa shape index (κ2) is 6.63. The maximum absolute atomic E-state index is 13.8. The van der Waals surface area contributed by atoms with Gasteiger partial charge >= 0.3 is 0 Å². The van der Waals surface area contributed by atoms with E-state index in [1.807, 2.05) is 49.4 Å². The number of benzene rings is 3. The third-order valence-electron chi connectivity index (χ3n) is 6.18. The Balaban J connectivity index is 1.73. The fourth-order valence-electron chi connectivity index (χ4n) is 4.76. The van der Waals surface area contributed by atoms with Gasteiger partial charge in [-0.25, -0.2) is 8.42 Å². The molecule has 5 rings (SSSR count). The van der Waals surface area contributed by atoms with Gasteiger partial charge in [-0.2, -0.15) is 0 Å². The molecule has 4 nitrogen and oxygen atoms in total. The van der Waals surface area contributed by atoms with Crippen molar-refractivity contribution in [1.82, 2.24) is 0 Å². The quantitative estimate of drug-likeness (QED) is 0.617. The highest BCUT2D eigenvalue weighted by Gasteiger charge is 2.47. The molecule has 0 fully saturated rings. The van der Waals surface area contributed by atoms with Crippen molar-refractivity contribution >= 4 is 15.7 Å². The van der Waals surface area contributed by atoms with Crippen LogP contribution in [0.1, 0.15) is 40.6 Å². The molecule has 0 amide bonds. The summed E-state index contributed by atoms with van der Waals surface area (Å²) in [5.74, 6) is 0.902. The summed E-state index contributed by atoms with van der Waals surface area (Å²) in [5.41, 5.74) is 5.19. The zero-order chi connectivity index (χ0) is 20.2. The number of rotatable bonds is 3. The van der Waals surface area contributed by atoms with Crippen molar-refractivity contribution in [2.24, 2.45) is 0 Å². The molecule has 1 aliphatic carbocycles. The third kappa shape index (κ3) is 2.76. The Morgan fingerprint density at radius 3 is 2.48 bits per heavy atom. The van der Waals surface area contributed by atoms with Gasteiger partial charge in [-0.1, -0.05) is 42.0 Å². The topological polar surface area (TPSA) is 46.6 Å². The summed E-state index contributed by atoms with van der Waals surface area (Å²) in [4.78, 5) is 0.327. The van der Waals surface area contributed by atoms with E-state index in [1.54, 1.807) is 23.5 Å². The van der Waals surface area contributed by atoms with Gasteiger partial charge < -0.3 is 4.74 Å². The van der Waals surface area contributed by atoms with Gasteiger partial charge in [0.15, 0.2) is 0 Å². The molecule has 0 radical (unpaired) electrons. The van der Waals surface area contributed by atoms with E-state index in [1.165, 1.54) is 5.56 Å². The second-order valence-electron chi connectivity index (χ2n) is 7.83. The summed E-state index contributed by atoms with van der Waals surface area (Å²) >= 11 is 0. The number of para-hydroxylation sites is 1. The van der Waals surface area contributed by atoms with Crippen molar-refractivity contribution < 1.29 is 13.2 Å². The predicted octanol–water partition coefficient (Wildman–Crippen LogP) is 4.98. The molecule has 1 aliphatic heterocycles. The fraction of sp³-hybridized carbons (Fsp3) is 0.250. The lowest BCUT2D eigenvalue weighted by atomic mass is 9.78. The molecule has 29 heavy (non-hydrogen) atoms. The van der Waals surface area contributed by atoms with Crippen molar-refractivity contribution in [1.29, 1.82) is 0 Å². The van der Waals surface area contributed by atoms with Crippen molar-refractivity contribution in [3.8, 4) is 5.75 Å². The molecule has 0 saturated carbocycles. The molecule has 0 spiro atoms. The molecule has 0 N–H and O–H groups in total. The largest absolute Gasteiger partial charge is 0.497 e. The molecule has 3 aromatic rings. The summed E-state index contributed by atoms with van der Waals surface area (Å²) in [6, 6.07) is 20.8. The number of ether oxygens (including phenoxy) is 1. The molecule has 0 aromatic heterocycles. The average Bonchev–Trinajstić information content (AvgIpc) is 3.09. The summed E-state index contributed by atoms with van der Waals surface area (Å²) < 4.78 is 34.7. The van der Waals surface area contributed by atoms with E-state index in [-0.39, 0.29) is 12.0 Å². The van der Waals surface area contributed by atoms with Crippen LogP contribution in [-0.4, -0.2) is 15.5 Å². The van der Waals surface area contributed by atoms with Crippen LogP contribution >= 0.6 is 0 Å². The van der Waals surface area contributed by atoms with E-state index in [4.69, 9.17) is 4.74 Å². The van der Waals surface area contributed by atoms with Gasteiger partial charge in [-0.3, -0.25) is 4.31 Å². The van der Waals surface area contributed by atoms with Gasteiger partial charge in [0.25, 0.3) is 10.0 Å². The van der Waals surface area contributed by atoms with Gasteiger partial charge in [0, 0.05) is 5.92 Å². The second-order valence-corrected chi connectivity index (χ2v) is 9.64. The van der Waals surface area contributed by atoms with Crippen LogP contribution in [0.4, 0.5) is 5.69 Å². The Hall–Kier alpha value is -2.79. The molecule has 0 unspecified atom stereocenters. The number of sulfonamides is 1. The average molecular weight is 406 g/mol. The summed E-state index contributed by atoms with van der Waals surface area (Å²) in [5, 5.41) is 0. The molecular weight excluding hydrogens is 382 g/mol. The van der Waals surface area contributed by atoms with Crippen LogP contribution < -0.4 is 9.04 Å². The minimum absolute atomic E-state index is 0.144. The van der Waals surface area contributed by atoms with E-state index in [0.717, 1.165) is 41.0 Å². The van der Waals surface area contributed by atoms with Gasteiger partial charge in [0.2, 0.25) is 0 Å². The molecule has 1 heterocycles. The van der Waals surface area contributed by atoms with Gasteiger partial charge in [-0.05, 0) is 66.8 Å². The van der Waals surface area contributed by atoms with Crippen molar-refractivity contribution in [2.45, 2.75) is 36.6 Å². The Morgan fingerprint density at radius 2 is 1.72 bits per heavy atom. The number of fused-ring (bicyclic) bond motifs is 5. The highest BCUT2D eigenvalue weighted by molar-refractivity contribution is 7.92. The van der Waals surface area contributed by atoms with Gasteiger partial charge in [0.05, 0.1) is 23.7 Å². The standard InChI is InChI=1S/C24H23NO3S/c1-16-7-12-19(13-8-16)29(26,27)25-23-6-4-3-5-20(23)21-14-10-17-9-11-18(28-2)15-22(17)24(21)25/h3-9,11-13,15,21,24H,10,14H2,1-2H3/t21-,24+/m1/s1. The summed E-state index contributed by atoms with van der Waals surface area (Å²) in [6.07, 6.45) is 1.87. The molecule has 3 aromatic carbocycles. The Bertz CT molecular complexity index is 1190. The number of hydrogen-bond acceptors (Lipinski definition) is 3. The van der Waals surface area contributed by atoms with Gasteiger partial charge in [-0.15, -0.1) is 0 Å². The number of methoxy groups -OCH3 is 1. The van der Waals surface area contributed by atoms with Crippen LogP contribution in [-0.2, 0) is 16.4 Å². The Labute approximate surface area is 171 Å². The summed E-state index contributed by atoms with van der Waals surface area (Å²) in [6.45, 7) is 1.96. The predicted molar refractivity (Wildman–Crippen MR) is 114 cm³/mol. The number of aryl methyl sites for hydroxylation is 2. The zero-order valence-corrected chi connectivity index (χ0v) is 17.3. The number of anilines is 1. The lowest BCUT2D eigenvalue weighted by Gasteiger charge is -2.35. The van der Waals surface area contributed by atoms with E-state index in [9.17, 15) is 8.42 Å². The maximum Gasteiger partial charge on any atom is 0.264 e. The van der Waals surface area contributed by atoms with Crippen LogP contribution in [0.2, 0.25) is 0 Å². The molecule has 2 aliphatic rings. The lowest BCUT2D eigenvalue weighted by Crippen LogP contribution is -2.35. The third-order valence-corrected chi connectivity index (χ3v) is 7.99. The van der Waals surface area contributed by atoms with Crippen molar-refractivity contribution in [3.63, 3.8) is 0 Å². The Morgan fingerprint density at radius 1 is 0.966 bits per heavy atom.